The Balaban J connectivity index is 1.74. The summed E-state index contributed by atoms with van der Waals surface area (Å²) in [5, 5.41) is 26.6. The fraction of sp³-hybridized carbons (Fsp3) is 0.200. The smallest absolute Gasteiger partial charge is 0.240 e. The molecule has 2 aromatic rings. The van der Waals surface area contributed by atoms with E-state index in [0.717, 1.165) is 0 Å². The van der Waals surface area contributed by atoms with Crippen LogP contribution in [0.5, 0.6) is 23.0 Å². The van der Waals surface area contributed by atoms with Crippen LogP contribution >= 0.6 is 0 Å². The lowest BCUT2D eigenvalue weighted by molar-refractivity contribution is -0.126. The van der Waals surface area contributed by atoms with Crippen LogP contribution in [0.15, 0.2) is 46.6 Å². The molecule has 0 atom stereocenters. The Morgan fingerprint density at radius 2 is 1.23 bits per heavy atom. The molecule has 0 fully saturated rings. The number of nitrogens with zero attached hydrogens (tertiary/aromatic N) is 2. The third-order valence-corrected chi connectivity index (χ3v) is 3.79. The van der Waals surface area contributed by atoms with E-state index in [1.54, 1.807) is 24.3 Å². The first-order valence-corrected chi connectivity index (χ1v) is 8.80. The number of benzene rings is 2. The van der Waals surface area contributed by atoms with Crippen molar-refractivity contribution in [3.63, 3.8) is 0 Å². The molecule has 10 nitrogen and oxygen atoms in total. The molecular weight excluding hydrogens is 392 g/mol. The van der Waals surface area contributed by atoms with Gasteiger partial charge >= 0.3 is 0 Å². The molecule has 0 saturated carbocycles. The van der Waals surface area contributed by atoms with Crippen LogP contribution in [0.1, 0.15) is 24.0 Å². The van der Waals surface area contributed by atoms with Crippen LogP contribution in [0.2, 0.25) is 0 Å². The van der Waals surface area contributed by atoms with E-state index in [1.165, 1.54) is 38.8 Å². The molecule has 0 bridgehead atoms. The number of carbonyl (C=O) groups excluding carboxylic acids is 2. The summed E-state index contributed by atoms with van der Waals surface area (Å²) in [7, 11) is 2.85. The summed E-state index contributed by atoms with van der Waals surface area (Å²) in [5.41, 5.74) is 5.85. The Kier molecular flexibility index (Phi) is 8.18. The third kappa shape index (κ3) is 6.82. The minimum absolute atomic E-state index is 0.00286. The maximum absolute atomic E-state index is 11.8. The van der Waals surface area contributed by atoms with Gasteiger partial charge in [0.25, 0.3) is 0 Å². The standard InChI is InChI=1S/C20H22N4O6/c1-29-17-9-13(3-5-15(17)25)11-21-23-19(27)7-8-20(28)24-22-12-14-4-6-16(26)18(10-14)30-2/h3-6,9-12,25-26H,7-8H2,1-2H3,(H,23,27)(H,24,28)/b21-11+,22-12+. The van der Waals surface area contributed by atoms with Gasteiger partial charge in [-0.15, -0.1) is 0 Å². The Bertz CT molecular complexity index is 881. The first kappa shape index (κ1) is 22.2. The van der Waals surface area contributed by atoms with Crippen molar-refractivity contribution in [2.24, 2.45) is 10.2 Å². The lowest BCUT2D eigenvalue weighted by Gasteiger charge is -2.04. The molecule has 0 unspecified atom stereocenters. The monoisotopic (exact) mass is 414 g/mol. The van der Waals surface area contributed by atoms with E-state index in [2.05, 4.69) is 21.1 Å². The van der Waals surface area contributed by atoms with Crippen LogP contribution in [0.25, 0.3) is 0 Å². The highest BCUT2D eigenvalue weighted by atomic mass is 16.5. The molecule has 0 aliphatic carbocycles. The molecule has 0 saturated heterocycles. The van der Waals surface area contributed by atoms with E-state index in [4.69, 9.17) is 9.47 Å². The van der Waals surface area contributed by atoms with E-state index in [0.29, 0.717) is 11.1 Å². The molecule has 2 amide bonds. The van der Waals surface area contributed by atoms with Gasteiger partial charge < -0.3 is 19.7 Å². The highest BCUT2D eigenvalue weighted by molar-refractivity contribution is 5.87. The summed E-state index contributed by atoms with van der Waals surface area (Å²) in [5.74, 6) is -0.325. The molecule has 4 N–H and O–H groups in total. The second kappa shape index (κ2) is 11.1. The van der Waals surface area contributed by atoms with E-state index in [9.17, 15) is 19.8 Å². The van der Waals surface area contributed by atoms with Gasteiger partial charge in [-0.1, -0.05) is 0 Å². The first-order chi connectivity index (χ1) is 14.4. The van der Waals surface area contributed by atoms with Crippen LogP contribution in [0, 0.1) is 0 Å². The van der Waals surface area contributed by atoms with Crippen LogP contribution in [0.3, 0.4) is 0 Å². The number of phenolic OH excluding ortho intramolecular Hbond substituents is 2. The molecule has 0 aliphatic heterocycles. The number of aromatic hydroxyl groups is 2. The Labute approximate surface area is 172 Å². The van der Waals surface area contributed by atoms with Crippen molar-refractivity contribution in [1.82, 2.24) is 10.9 Å². The third-order valence-electron chi connectivity index (χ3n) is 3.79. The van der Waals surface area contributed by atoms with Crippen LogP contribution in [-0.4, -0.2) is 48.7 Å². The number of carbonyl (C=O) groups is 2. The molecule has 30 heavy (non-hydrogen) atoms. The first-order valence-electron chi connectivity index (χ1n) is 8.80. The zero-order chi connectivity index (χ0) is 21.9. The van der Waals surface area contributed by atoms with Crippen molar-refractivity contribution in [3.8, 4) is 23.0 Å². The van der Waals surface area contributed by atoms with Crippen LogP contribution < -0.4 is 20.3 Å². The number of rotatable bonds is 9. The van der Waals surface area contributed by atoms with Gasteiger partial charge in [-0.05, 0) is 47.5 Å². The van der Waals surface area contributed by atoms with Crippen molar-refractivity contribution >= 4 is 24.2 Å². The quantitative estimate of drug-likeness (QED) is 0.362. The number of ether oxygens (including phenoxy) is 2. The number of amides is 2. The maximum Gasteiger partial charge on any atom is 0.240 e. The summed E-state index contributed by atoms with van der Waals surface area (Å²) in [4.78, 5) is 23.5. The number of hydrogen-bond donors (Lipinski definition) is 4. The number of hydrogen-bond acceptors (Lipinski definition) is 8. The predicted octanol–water partition coefficient (Wildman–Crippen LogP) is 1.50. The number of methoxy groups -OCH3 is 2. The second-order valence-corrected chi connectivity index (χ2v) is 5.95. The van der Waals surface area contributed by atoms with Gasteiger partial charge in [0.15, 0.2) is 23.0 Å². The van der Waals surface area contributed by atoms with E-state index in [-0.39, 0.29) is 35.8 Å². The molecule has 0 heterocycles. The van der Waals surface area contributed by atoms with Crippen molar-refractivity contribution in [1.29, 1.82) is 0 Å². The summed E-state index contributed by atoms with van der Waals surface area (Å²) < 4.78 is 9.97. The Morgan fingerprint density at radius 1 is 0.833 bits per heavy atom. The summed E-state index contributed by atoms with van der Waals surface area (Å²) in [6.07, 6.45) is 2.61. The average molecular weight is 414 g/mol. The molecule has 0 aromatic heterocycles. The summed E-state index contributed by atoms with van der Waals surface area (Å²) in [6.45, 7) is 0. The molecule has 2 aromatic carbocycles. The van der Waals surface area contributed by atoms with Crippen LogP contribution in [0.4, 0.5) is 0 Å². The minimum atomic E-state index is -0.445. The fourth-order valence-electron chi connectivity index (χ4n) is 2.25. The second-order valence-electron chi connectivity index (χ2n) is 5.95. The van der Waals surface area contributed by atoms with Crippen molar-refractivity contribution in [2.75, 3.05) is 14.2 Å². The SMILES string of the molecule is COc1cc(/C=N/NC(=O)CCC(=O)N/N=C/c2ccc(O)c(OC)c2)ccc1O. The molecule has 2 rings (SSSR count). The maximum atomic E-state index is 11.8. The minimum Gasteiger partial charge on any atom is -0.504 e. The largest absolute Gasteiger partial charge is 0.504 e. The van der Waals surface area contributed by atoms with Crippen molar-refractivity contribution < 1.29 is 29.3 Å². The topological polar surface area (TPSA) is 142 Å². The van der Waals surface area contributed by atoms with Crippen molar-refractivity contribution in [2.45, 2.75) is 12.8 Å². The van der Waals surface area contributed by atoms with Gasteiger partial charge in [0, 0.05) is 12.8 Å². The normalized spacial score (nSPS) is 10.9. The number of phenols is 2. The van der Waals surface area contributed by atoms with Gasteiger partial charge in [0.2, 0.25) is 11.8 Å². The molecule has 10 heteroatoms. The van der Waals surface area contributed by atoms with E-state index in [1.807, 2.05) is 0 Å². The molecule has 158 valence electrons. The molecular formula is C20H22N4O6. The van der Waals surface area contributed by atoms with Gasteiger partial charge in [0.1, 0.15) is 0 Å². The lowest BCUT2D eigenvalue weighted by atomic mass is 10.2. The fourth-order valence-corrected chi connectivity index (χ4v) is 2.25. The lowest BCUT2D eigenvalue weighted by Crippen LogP contribution is -2.22. The number of hydrazone groups is 2. The van der Waals surface area contributed by atoms with Gasteiger partial charge in [-0.2, -0.15) is 10.2 Å². The zero-order valence-corrected chi connectivity index (χ0v) is 16.5. The van der Waals surface area contributed by atoms with Crippen molar-refractivity contribution in [3.05, 3.63) is 47.5 Å². The van der Waals surface area contributed by atoms with E-state index >= 15 is 0 Å². The highest BCUT2D eigenvalue weighted by Gasteiger charge is 2.06. The number of nitrogens with one attached hydrogen (secondary N) is 2. The summed E-state index contributed by atoms with van der Waals surface area (Å²) >= 11 is 0. The molecule has 0 aliphatic rings. The van der Waals surface area contributed by atoms with E-state index < -0.39 is 11.8 Å². The molecule has 0 radical (unpaired) electrons. The average Bonchev–Trinajstić information content (AvgIpc) is 2.74. The Hall–Kier alpha value is -4.08. The zero-order valence-electron chi connectivity index (χ0n) is 16.5. The Morgan fingerprint density at radius 3 is 1.60 bits per heavy atom. The van der Waals surface area contributed by atoms with Gasteiger partial charge in [0.05, 0.1) is 26.6 Å². The molecule has 0 spiro atoms. The van der Waals surface area contributed by atoms with Gasteiger partial charge in [-0.3, -0.25) is 9.59 Å². The predicted molar refractivity (Wildman–Crippen MR) is 110 cm³/mol. The van der Waals surface area contributed by atoms with Crippen LogP contribution in [-0.2, 0) is 9.59 Å². The van der Waals surface area contributed by atoms with Gasteiger partial charge in [-0.25, -0.2) is 10.9 Å². The summed E-state index contributed by atoms with van der Waals surface area (Å²) in [6, 6.07) is 9.20. The highest BCUT2D eigenvalue weighted by Crippen LogP contribution is 2.26.